The highest BCUT2D eigenvalue weighted by molar-refractivity contribution is 5.76. The third-order valence-electron chi connectivity index (χ3n) is 3.49. The Balaban J connectivity index is 2.14. The zero-order valence-corrected chi connectivity index (χ0v) is 13.7. The summed E-state index contributed by atoms with van der Waals surface area (Å²) in [7, 11) is 3.09. The van der Waals surface area contributed by atoms with Crippen LogP contribution in [0.4, 0.5) is 0 Å². The molecule has 0 aliphatic carbocycles. The highest BCUT2D eigenvalue weighted by Gasteiger charge is 2.15. The molecule has 0 fully saturated rings. The predicted molar refractivity (Wildman–Crippen MR) is 87.4 cm³/mol. The lowest BCUT2D eigenvalue weighted by atomic mass is 10.1. The summed E-state index contributed by atoms with van der Waals surface area (Å²) in [6, 6.07) is 6.11. The Labute approximate surface area is 138 Å². The van der Waals surface area contributed by atoms with Gasteiger partial charge in [-0.25, -0.2) is 4.79 Å². The number of carbonyl (C=O) groups excluding carboxylic acids is 1. The molecule has 2 N–H and O–H groups in total. The lowest BCUT2D eigenvalue weighted by Crippen LogP contribution is -2.36. The van der Waals surface area contributed by atoms with E-state index in [4.69, 9.17) is 9.47 Å². The molecule has 24 heavy (non-hydrogen) atoms. The van der Waals surface area contributed by atoms with E-state index in [0.717, 1.165) is 10.1 Å². The summed E-state index contributed by atoms with van der Waals surface area (Å²) in [6.45, 7) is 1.59. The molecule has 8 nitrogen and oxygen atoms in total. The number of rotatable bonds is 6. The Morgan fingerprint density at radius 2 is 2.00 bits per heavy atom. The fraction of sp³-hybridized carbons (Fsp3) is 0.312. The van der Waals surface area contributed by atoms with Gasteiger partial charge in [0.05, 0.1) is 20.3 Å². The van der Waals surface area contributed by atoms with E-state index in [1.165, 1.54) is 12.3 Å². The Hall–Kier alpha value is -3.03. The van der Waals surface area contributed by atoms with Gasteiger partial charge in [-0.1, -0.05) is 0 Å². The molecule has 0 bridgehead atoms. The molecule has 128 valence electrons. The number of aromatic nitrogens is 2. The van der Waals surface area contributed by atoms with Crippen LogP contribution >= 0.6 is 0 Å². The summed E-state index contributed by atoms with van der Waals surface area (Å²) in [5, 5.41) is 2.79. The molecule has 0 aliphatic heterocycles. The molecule has 1 atom stereocenters. The zero-order valence-electron chi connectivity index (χ0n) is 13.7. The highest BCUT2D eigenvalue weighted by Crippen LogP contribution is 2.29. The number of carbonyl (C=O) groups is 1. The maximum atomic E-state index is 12.2. The van der Waals surface area contributed by atoms with Crippen LogP contribution in [-0.2, 0) is 11.3 Å². The highest BCUT2D eigenvalue weighted by atomic mass is 16.5. The summed E-state index contributed by atoms with van der Waals surface area (Å²) in [5.41, 5.74) is -0.394. The molecule has 2 rings (SSSR count). The number of hydrogen-bond donors (Lipinski definition) is 2. The van der Waals surface area contributed by atoms with Crippen LogP contribution in [0.2, 0.25) is 0 Å². The van der Waals surface area contributed by atoms with Crippen LogP contribution in [0, 0.1) is 0 Å². The number of ether oxygens (including phenoxy) is 2. The van der Waals surface area contributed by atoms with Crippen LogP contribution in [0.3, 0.4) is 0 Å². The first-order valence-corrected chi connectivity index (χ1v) is 7.25. The van der Waals surface area contributed by atoms with E-state index in [-0.39, 0.29) is 18.5 Å². The second-order valence-electron chi connectivity index (χ2n) is 5.14. The minimum Gasteiger partial charge on any atom is -0.497 e. The van der Waals surface area contributed by atoms with Crippen LogP contribution in [0.5, 0.6) is 11.5 Å². The maximum Gasteiger partial charge on any atom is 0.328 e. The van der Waals surface area contributed by atoms with Crippen molar-refractivity contribution in [1.29, 1.82) is 0 Å². The number of benzene rings is 1. The Bertz CT molecular complexity index is 840. The standard InChI is InChI=1S/C16H19N3O5/c1-10(12-8-11(23-2)4-5-13(12)24-3)17-15(21)9-19-7-6-14(20)18-16(19)22/h4-8,10H,9H2,1-3H3,(H,17,21)(H,18,20,22)/t10-/m0/s1. The van der Waals surface area contributed by atoms with Gasteiger partial charge in [-0.2, -0.15) is 0 Å². The predicted octanol–water partition coefficient (Wildman–Crippen LogP) is 0.431. The van der Waals surface area contributed by atoms with Gasteiger partial charge in [0.15, 0.2) is 0 Å². The number of nitrogens with zero attached hydrogens (tertiary/aromatic N) is 1. The number of aromatic amines is 1. The minimum atomic E-state index is -0.635. The number of nitrogens with one attached hydrogen (secondary N) is 2. The van der Waals surface area contributed by atoms with Gasteiger partial charge in [0.2, 0.25) is 5.91 Å². The van der Waals surface area contributed by atoms with E-state index >= 15 is 0 Å². The van der Waals surface area contributed by atoms with Crippen molar-refractivity contribution in [3.8, 4) is 11.5 Å². The smallest absolute Gasteiger partial charge is 0.328 e. The van der Waals surface area contributed by atoms with Crippen molar-refractivity contribution in [1.82, 2.24) is 14.9 Å². The van der Waals surface area contributed by atoms with Gasteiger partial charge in [-0.15, -0.1) is 0 Å². The van der Waals surface area contributed by atoms with Gasteiger partial charge in [0.25, 0.3) is 5.56 Å². The van der Waals surface area contributed by atoms with E-state index in [1.54, 1.807) is 39.3 Å². The normalized spacial score (nSPS) is 11.6. The second kappa shape index (κ2) is 7.49. The molecule has 1 aromatic carbocycles. The number of hydrogen-bond acceptors (Lipinski definition) is 5. The van der Waals surface area contributed by atoms with Crippen LogP contribution in [0.25, 0.3) is 0 Å². The molecule has 0 saturated carbocycles. The molecule has 8 heteroatoms. The molecule has 2 aromatic rings. The van der Waals surface area contributed by atoms with E-state index in [1.807, 2.05) is 0 Å². The largest absolute Gasteiger partial charge is 0.497 e. The monoisotopic (exact) mass is 333 g/mol. The van der Waals surface area contributed by atoms with Crippen LogP contribution < -0.4 is 26.0 Å². The fourth-order valence-electron chi connectivity index (χ4n) is 2.27. The quantitative estimate of drug-likeness (QED) is 0.798. The van der Waals surface area contributed by atoms with Gasteiger partial charge in [0, 0.05) is 17.8 Å². The topological polar surface area (TPSA) is 102 Å². The van der Waals surface area contributed by atoms with Crippen molar-refractivity contribution < 1.29 is 14.3 Å². The zero-order chi connectivity index (χ0) is 17.7. The Morgan fingerprint density at radius 3 is 2.62 bits per heavy atom. The summed E-state index contributed by atoms with van der Waals surface area (Å²) in [4.78, 5) is 36.9. The van der Waals surface area contributed by atoms with Crippen molar-refractivity contribution in [2.45, 2.75) is 19.5 Å². The second-order valence-corrected chi connectivity index (χ2v) is 5.14. The van der Waals surface area contributed by atoms with Crippen molar-refractivity contribution >= 4 is 5.91 Å². The lowest BCUT2D eigenvalue weighted by molar-refractivity contribution is -0.122. The summed E-state index contributed by atoms with van der Waals surface area (Å²) in [6.07, 6.45) is 1.28. The maximum absolute atomic E-state index is 12.2. The molecule has 1 amide bonds. The van der Waals surface area contributed by atoms with Gasteiger partial charge < -0.3 is 14.8 Å². The molecule has 1 heterocycles. The number of methoxy groups -OCH3 is 2. The molecule has 0 spiro atoms. The molecule has 0 aliphatic rings. The molecule has 1 aromatic heterocycles. The van der Waals surface area contributed by atoms with E-state index < -0.39 is 11.2 Å². The van der Waals surface area contributed by atoms with Gasteiger partial charge in [-0.3, -0.25) is 19.1 Å². The fourth-order valence-corrected chi connectivity index (χ4v) is 2.27. The van der Waals surface area contributed by atoms with Crippen LogP contribution in [-0.4, -0.2) is 29.7 Å². The van der Waals surface area contributed by atoms with E-state index in [0.29, 0.717) is 11.5 Å². The van der Waals surface area contributed by atoms with E-state index in [9.17, 15) is 14.4 Å². The van der Waals surface area contributed by atoms with Gasteiger partial charge in [-0.05, 0) is 25.1 Å². The van der Waals surface area contributed by atoms with Crippen LogP contribution in [0.15, 0.2) is 40.1 Å². The SMILES string of the molecule is COc1ccc(OC)c([C@H](C)NC(=O)Cn2ccc(=O)[nH]c2=O)c1. The lowest BCUT2D eigenvalue weighted by Gasteiger charge is -2.18. The summed E-state index contributed by atoms with van der Waals surface area (Å²) >= 11 is 0. The van der Waals surface area contributed by atoms with Crippen molar-refractivity contribution in [3.63, 3.8) is 0 Å². The van der Waals surface area contributed by atoms with Crippen molar-refractivity contribution in [2.75, 3.05) is 14.2 Å². The third-order valence-corrected chi connectivity index (χ3v) is 3.49. The Kier molecular flexibility index (Phi) is 5.41. The average Bonchev–Trinajstić information content (AvgIpc) is 2.56. The Morgan fingerprint density at radius 1 is 1.25 bits per heavy atom. The van der Waals surface area contributed by atoms with E-state index in [2.05, 4.69) is 10.3 Å². The van der Waals surface area contributed by atoms with Crippen LogP contribution in [0.1, 0.15) is 18.5 Å². The average molecular weight is 333 g/mol. The first kappa shape index (κ1) is 17.3. The molecule has 0 saturated heterocycles. The van der Waals surface area contributed by atoms with Gasteiger partial charge >= 0.3 is 5.69 Å². The molecule has 0 radical (unpaired) electrons. The number of amides is 1. The molecular formula is C16H19N3O5. The number of H-pyrrole nitrogens is 1. The van der Waals surface area contributed by atoms with Crippen molar-refractivity contribution in [2.24, 2.45) is 0 Å². The summed E-state index contributed by atoms with van der Waals surface area (Å²) < 4.78 is 11.6. The summed E-state index contributed by atoms with van der Waals surface area (Å²) in [5.74, 6) is 0.884. The third kappa shape index (κ3) is 4.03. The first-order valence-electron chi connectivity index (χ1n) is 7.25. The molecule has 0 unspecified atom stereocenters. The van der Waals surface area contributed by atoms with Crippen molar-refractivity contribution in [3.05, 3.63) is 56.9 Å². The molecular weight excluding hydrogens is 314 g/mol. The van der Waals surface area contributed by atoms with Gasteiger partial charge in [0.1, 0.15) is 18.0 Å². The minimum absolute atomic E-state index is 0.202. The first-order chi connectivity index (χ1) is 11.4.